The highest BCUT2D eigenvalue weighted by molar-refractivity contribution is 6.46. The molecule has 8 heteroatoms. The third-order valence-electron chi connectivity index (χ3n) is 5.83. The van der Waals surface area contributed by atoms with E-state index < -0.39 is 17.7 Å². The van der Waals surface area contributed by atoms with Crippen molar-refractivity contribution < 1.29 is 28.9 Å². The number of nitrogens with zero attached hydrogens (tertiary/aromatic N) is 2. The van der Waals surface area contributed by atoms with Crippen molar-refractivity contribution in [2.24, 2.45) is 0 Å². The Morgan fingerprint density at radius 2 is 1.83 bits per heavy atom. The molecule has 0 radical (unpaired) electrons. The van der Waals surface area contributed by atoms with Crippen LogP contribution in [0.25, 0.3) is 5.76 Å². The van der Waals surface area contributed by atoms with E-state index in [0.29, 0.717) is 35.0 Å². The average Bonchev–Trinajstić information content (AvgIpc) is 3.16. The topological polar surface area (TPSA) is 98.2 Å². The summed E-state index contributed by atoms with van der Waals surface area (Å²) in [6.45, 7) is 4.08. The zero-order valence-electron chi connectivity index (χ0n) is 20.0. The van der Waals surface area contributed by atoms with Crippen molar-refractivity contribution >= 4 is 17.4 Å². The Bertz CT molecular complexity index is 1300. The molecular formula is C28H26N2O6. The standard InChI is InChI=1S/C28H26N2O6/c1-4-14-36-21-10-7-19(8-11-21)26(31)24-25(20-9-12-22(34-2)23(15-20)35-3)30(28(33)27(24)32)17-18-6-5-13-29-16-18/h4-13,15-16,25,31H,1,14,17H2,2-3H3/b26-24-. The number of rotatable bonds is 9. The molecule has 2 heterocycles. The summed E-state index contributed by atoms with van der Waals surface area (Å²) in [5.41, 5.74) is 1.69. The zero-order chi connectivity index (χ0) is 25.7. The molecule has 1 unspecified atom stereocenters. The van der Waals surface area contributed by atoms with Crippen LogP contribution in [-0.4, -0.2) is 47.5 Å². The summed E-state index contributed by atoms with van der Waals surface area (Å²) < 4.78 is 16.3. The predicted octanol–water partition coefficient (Wildman–Crippen LogP) is 4.29. The van der Waals surface area contributed by atoms with Crippen LogP contribution in [0.2, 0.25) is 0 Å². The molecule has 0 aliphatic carbocycles. The lowest BCUT2D eigenvalue weighted by molar-refractivity contribution is -0.140. The molecule has 0 saturated carbocycles. The van der Waals surface area contributed by atoms with Crippen LogP contribution in [-0.2, 0) is 16.1 Å². The lowest BCUT2D eigenvalue weighted by Crippen LogP contribution is -2.29. The van der Waals surface area contributed by atoms with Gasteiger partial charge in [0.25, 0.3) is 11.7 Å². The summed E-state index contributed by atoms with van der Waals surface area (Å²) in [7, 11) is 3.03. The third kappa shape index (κ3) is 4.79. The Balaban J connectivity index is 1.83. The minimum Gasteiger partial charge on any atom is -0.507 e. The van der Waals surface area contributed by atoms with Crippen molar-refractivity contribution in [3.63, 3.8) is 0 Å². The van der Waals surface area contributed by atoms with Gasteiger partial charge in [-0.05, 0) is 53.6 Å². The van der Waals surface area contributed by atoms with Gasteiger partial charge in [-0.1, -0.05) is 24.8 Å². The summed E-state index contributed by atoms with van der Waals surface area (Å²) in [4.78, 5) is 32.0. The molecule has 1 N–H and O–H groups in total. The number of aliphatic hydroxyl groups excluding tert-OH is 1. The fourth-order valence-electron chi connectivity index (χ4n) is 4.12. The number of ketones is 1. The zero-order valence-corrected chi connectivity index (χ0v) is 20.0. The number of aliphatic hydroxyl groups is 1. The van der Waals surface area contributed by atoms with E-state index in [-0.39, 0.29) is 17.9 Å². The van der Waals surface area contributed by atoms with Crippen LogP contribution in [0.3, 0.4) is 0 Å². The monoisotopic (exact) mass is 486 g/mol. The van der Waals surface area contributed by atoms with Gasteiger partial charge in [-0.2, -0.15) is 0 Å². The summed E-state index contributed by atoms with van der Waals surface area (Å²) in [5.74, 6) is -0.252. The number of ether oxygens (including phenoxy) is 3. The first-order valence-electron chi connectivity index (χ1n) is 11.2. The van der Waals surface area contributed by atoms with Crippen molar-refractivity contribution in [3.05, 3.63) is 102 Å². The van der Waals surface area contributed by atoms with E-state index in [9.17, 15) is 14.7 Å². The highest BCUT2D eigenvalue weighted by Gasteiger charge is 2.46. The number of hydrogen-bond acceptors (Lipinski definition) is 7. The number of pyridine rings is 1. The highest BCUT2D eigenvalue weighted by atomic mass is 16.5. The molecule has 8 nitrogen and oxygen atoms in total. The summed E-state index contributed by atoms with van der Waals surface area (Å²) in [6, 6.07) is 14.5. The van der Waals surface area contributed by atoms with Crippen LogP contribution in [0.4, 0.5) is 0 Å². The predicted molar refractivity (Wildman–Crippen MR) is 134 cm³/mol. The summed E-state index contributed by atoms with van der Waals surface area (Å²) >= 11 is 0. The van der Waals surface area contributed by atoms with E-state index in [4.69, 9.17) is 14.2 Å². The van der Waals surface area contributed by atoms with Gasteiger partial charge in [-0.3, -0.25) is 14.6 Å². The Kier molecular flexibility index (Phi) is 7.34. The van der Waals surface area contributed by atoms with E-state index in [1.165, 1.54) is 19.1 Å². The van der Waals surface area contributed by atoms with Gasteiger partial charge in [0.05, 0.1) is 25.8 Å². The van der Waals surface area contributed by atoms with Gasteiger partial charge in [0.2, 0.25) is 0 Å². The molecule has 1 amide bonds. The number of Topliss-reactive ketones (excluding diaryl/α,β-unsaturated/α-hetero) is 1. The summed E-state index contributed by atoms with van der Waals surface area (Å²) in [6.07, 6.45) is 4.89. The van der Waals surface area contributed by atoms with Crippen LogP contribution in [0, 0.1) is 0 Å². The average molecular weight is 487 g/mol. The molecule has 0 spiro atoms. The van der Waals surface area contributed by atoms with Crippen LogP contribution in [0.1, 0.15) is 22.7 Å². The van der Waals surface area contributed by atoms with Gasteiger partial charge in [0, 0.05) is 24.5 Å². The molecule has 184 valence electrons. The van der Waals surface area contributed by atoms with Crippen molar-refractivity contribution in [2.45, 2.75) is 12.6 Å². The molecule has 4 rings (SSSR count). The van der Waals surface area contributed by atoms with E-state index in [1.54, 1.807) is 67.0 Å². The normalized spacial score (nSPS) is 16.6. The quantitative estimate of drug-likeness (QED) is 0.209. The number of amides is 1. The fraction of sp³-hybridized carbons (Fsp3) is 0.179. The Labute approximate surface area is 209 Å². The van der Waals surface area contributed by atoms with Gasteiger partial charge in [-0.15, -0.1) is 0 Å². The van der Waals surface area contributed by atoms with E-state index >= 15 is 0 Å². The third-order valence-corrected chi connectivity index (χ3v) is 5.83. The molecule has 1 saturated heterocycles. The smallest absolute Gasteiger partial charge is 0.295 e. The van der Waals surface area contributed by atoms with Gasteiger partial charge in [0.1, 0.15) is 18.1 Å². The van der Waals surface area contributed by atoms with Gasteiger partial charge < -0.3 is 24.2 Å². The molecular weight excluding hydrogens is 460 g/mol. The Morgan fingerprint density at radius 1 is 1.08 bits per heavy atom. The number of aromatic nitrogens is 1. The molecule has 1 aliphatic rings. The van der Waals surface area contributed by atoms with Crippen LogP contribution >= 0.6 is 0 Å². The second-order valence-corrected chi connectivity index (χ2v) is 8.03. The highest BCUT2D eigenvalue weighted by Crippen LogP contribution is 2.42. The Hall–Kier alpha value is -4.59. The minimum atomic E-state index is -0.860. The maximum Gasteiger partial charge on any atom is 0.295 e. The second kappa shape index (κ2) is 10.8. The maximum absolute atomic E-state index is 13.3. The molecule has 1 aromatic heterocycles. The molecule has 2 aromatic carbocycles. The summed E-state index contributed by atoms with van der Waals surface area (Å²) in [5, 5.41) is 11.3. The van der Waals surface area contributed by atoms with E-state index in [2.05, 4.69) is 11.6 Å². The largest absolute Gasteiger partial charge is 0.507 e. The maximum atomic E-state index is 13.3. The van der Waals surface area contributed by atoms with Gasteiger partial charge in [-0.25, -0.2) is 0 Å². The lowest BCUT2D eigenvalue weighted by atomic mass is 9.94. The SMILES string of the molecule is C=CCOc1ccc(/C(O)=C2/C(=O)C(=O)N(Cc3cccnc3)C2c2ccc(OC)c(OC)c2)cc1. The number of carbonyl (C=O) groups is 2. The van der Waals surface area contributed by atoms with Crippen LogP contribution in [0.5, 0.6) is 17.2 Å². The van der Waals surface area contributed by atoms with Crippen LogP contribution < -0.4 is 14.2 Å². The van der Waals surface area contributed by atoms with Crippen LogP contribution in [0.15, 0.2) is 85.2 Å². The molecule has 1 fully saturated rings. The van der Waals surface area contributed by atoms with Crippen molar-refractivity contribution in [1.82, 2.24) is 9.88 Å². The molecule has 1 atom stereocenters. The van der Waals surface area contributed by atoms with Gasteiger partial charge in [0.15, 0.2) is 11.5 Å². The number of hydrogen-bond donors (Lipinski definition) is 1. The van der Waals surface area contributed by atoms with Crippen molar-refractivity contribution in [3.8, 4) is 17.2 Å². The number of likely N-dealkylation sites (tertiary alicyclic amines) is 1. The first-order chi connectivity index (χ1) is 17.5. The number of benzene rings is 2. The lowest BCUT2D eigenvalue weighted by Gasteiger charge is -2.26. The molecule has 3 aromatic rings. The molecule has 0 bridgehead atoms. The van der Waals surface area contributed by atoms with Crippen molar-refractivity contribution in [1.29, 1.82) is 0 Å². The first-order valence-corrected chi connectivity index (χ1v) is 11.2. The molecule has 1 aliphatic heterocycles. The number of carbonyl (C=O) groups excluding carboxylic acids is 2. The fourth-order valence-corrected chi connectivity index (χ4v) is 4.12. The Morgan fingerprint density at radius 3 is 2.47 bits per heavy atom. The van der Waals surface area contributed by atoms with Crippen molar-refractivity contribution in [2.75, 3.05) is 20.8 Å². The minimum absolute atomic E-state index is 0.0177. The van der Waals surface area contributed by atoms with Gasteiger partial charge >= 0.3 is 0 Å². The molecule has 36 heavy (non-hydrogen) atoms. The van der Waals surface area contributed by atoms with E-state index in [1.807, 2.05) is 6.07 Å². The second-order valence-electron chi connectivity index (χ2n) is 8.03. The first kappa shape index (κ1) is 24.5. The number of methoxy groups -OCH3 is 2. The van der Waals surface area contributed by atoms with E-state index in [0.717, 1.165) is 5.56 Å².